The zero-order valence-electron chi connectivity index (χ0n) is 11.1. The molecule has 1 atom stereocenters. The van der Waals surface area contributed by atoms with E-state index in [2.05, 4.69) is 16.3 Å². The van der Waals surface area contributed by atoms with Crippen molar-refractivity contribution < 1.29 is 4.39 Å². The lowest BCUT2D eigenvalue weighted by Crippen LogP contribution is -2.40. The second-order valence-electron chi connectivity index (χ2n) is 5.79. The standard InChI is InChI=1S/C15H18FN3/c1-11-6-12(16)8-13(7-11)18-15(9-17)4-5-19(10-15)14-2-3-14/h6-8,14,18H,2-5,10H2,1H3. The lowest BCUT2D eigenvalue weighted by molar-refractivity contribution is 0.319. The Morgan fingerprint density at radius 1 is 1.42 bits per heavy atom. The average molecular weight is 259 g/mol. The third kappa shape index (κ3) is 2.57. The fourth-order valence-corrected chi connectivity index (χ4v) is 2.90. The first-order valence-electron chi connectivity index (χ1n) is 6.81. The van der Waals surface area contributed by atoms with Crippen molar-refractivity contribution in [1.29, 1.82) is 5.26 Å². The molecular formula is C15H18FN3. The molecular weight excluding hydrogens is 241 g/mol. The van der Waals surface area contributed by atoms with Crippen molar-refractivity contribution in [1.82, 2.24) is 4.90 Å². The van der Waals surface area contributed by atoms with Gasteiger partial charge < -0.3 is 5.32 Å². The lowest BCUT2D eigenvalue weighted by Gasteiger charge is -2.25. The Morgan fingerprint density at radius 2 is 2.21 bits per heavy atom. The summed E-state index contributed by atoms with van der Waals surface area (Å²) in [5.74, 6) is -0.257. The van der Waals surface area contributed by atoms with E-state index in [1.165, 1.54) is 25.0 Å². The quantitative estimate of drug-likeness (QED) is 0.907. The van der Waals surface area contributed by atoms with E-state index in [-0.39, 0.29) is 5.82 Å². The van der Waals surface area contributed by atoms with E-state index in [1.807, 2.05) is 13.0 Å². The van der Waals surface area contributed by atoms with Crippen LogP contribution in [0, 0.1) is 24.1 Å². The number of halogens is 1. The molecule has 1 aliphatic carbocycles. The van der Waals surface area contributed by atoms with Crippen molar-refractivity contribution in [3.63, 3.8) is 0 Å². The zero-order valence-corrected chi connectivity index (χ0v) is 11.1. The molecule has 0 aromatic heterocycles. The topological polar surface area (TPSA) is 39.1 Å². The van der Waals surface area contributed by atoms with Gasteiger partial charge in [0, 0.05) is 24.8 Å². The van der Waals surface area contributed by atoms with Crippen LogP contribution in [0.15, 0.2) is 18.2 Å². The van der Waals surface area contributed by atoms with Crippen molar-refractivity contribution in [3.05, 3.63) is 29.6 Å². The Labute approximate surface area is 113 Å². The van der Waals surface area contributed by atoms with E-state index in [4.69, 9.17) is 0 Å². The highest BCUT2D eigenvalue weighted by Crippen LogP contribution is 2.35. The molecule has 1 N–H and O–H groups in total. The Kier molecular flexibility index (Phi) is 2.94. The van der Waals surface area contributed by atoms with Gasteiger partial charge in [0.25, 0.3) is 0 Å². The van der Waals surface area contributed by atoms with Crippen molar-refractivity contribution >= 4 is 5.69 Å². The fourth-order valence-electron chi connectivity index (χ4n) is 2.90. The number of nitrogens with zero attached hydrogens (tertiary/aromatic N) is 2. The first-order valence-corrected chi connectivity index (χ1v) is 6.81. The van der Waals surface area contributed by atoms with E-state index in [9.17, 15) is 9.65 Å². The van der Waals surface area contributed by atoms with Gasteiger partial charge in [0.05, 0.1) is 6.07 Å². The number of hydrogen-bond acceptors (Lipinski definition) is 3. The highest BCUT2D eigenvalue weighted by Gasteiger charge is 2.43. The third-order valence-electron chi connectivity index (χ3n) is 4.00. The van der Waals surface area contributed by atoms with E-state index in [1.54, 1.807) is 0 Å². The minimum atomic E-state index is -0.567. The van der Waals surface area contributed by atoms with Gasteiger partial charge in [-0.05, 0) is 49.9 Å². The minimum Gasteiger partial charge on any atom is -0.366 e. The molecule has 1 saturated heterocycles. The molecule has 1 unspecified atom stereocenters. The molecule has 1 saturated carbocycles. The number of nitrogens with one attached hydrogen (secondary N) is 1. The number of rotatable bonds is 3. The molecule has 1 aliphatic heterocycles. The van der Waals surface area contributed by atoms with Crippen LogP contribution in [0.5, 0.6) is 0 Å². The average Bonchev–Trinajstić information content (AvgIpc) is 3.11. The van der Waals surface area contributed by atoms with Gasteiger partial charge in [-0.3, -0.25) is 4.90 Å². The predicted octanol–water partition coefficient (Wildman–Crippen LogP) is 2.68. The Balaban J connectivity index is 1.78. The Hall–Kier alpha value is -1.60. The highest BCUT2D eigenvalue weighted by molar-refractivity contribution is 5.50. The summed E-state index contributed by atoms with van der Waals surface area (Å²) in [7, 11) is 0. The molecule has 0 amide bonds. The van der Waals surface area contributed by atoms with E-state index in [0.29, 0.717) is 11.7 Å². The van der Waals surface area contributed by atoms with Gasteiger partial charge in [0.15, 0.2) is 0 Å². The SMILES string of the molecule is Cc1cc(F)cc(NC2(C#N)CCN(C3CC3)C2)c1. The van der Waals surface area contributed by atoms with Crippen LogP contribution in [0.4, 0.5) is 10.1 Å². The summed E-state index contributed by atoms with van der Waals surface area (Å²) >= 11 is 0. The molecule has 0 radical (unpaired) electrons. The maximum atomic E-state index is 13.4. The number of likely N-dealkylation sites (tertiary alicyclic amines) is 1. The Bertz CT molecular complexity index is 512. The van der Waals surface area contributed by atoms with Crippen LogP contribution in [0.3, 0.4) is 0 Å². The second-order valence-corrected chi connectivity index (χ2v) is 5.79. The maximum Gasteiger partial charge on any atom is 0.139 e. The summed E-state index contributed by atoms with van der Waals surface area (Å²) in [5.41, 5.74) is 1.01. The zero-order chi connectivity index (χ0) is 13.5. The maximum absolute atomic E-state index is 13.4. The first-order chi connectivity index (χ1) is 9.10. The molecule has 19 heavy (non-hydrogen) atoms. The molecule has 3 nitrogen and oxygen atoms in total. The smallest absolute Gasteiger partial charge is 0.139 e. The number of benzene rings is 1. The molecule has 2 fully saturated rings. The van der Waals surface area contributed by atoms with Crippen molar-refractivity contribution in [2.45, 2.75) is 37.8 Å². The second kappa shape index (κ2) is 4.50. The summed E-state index contributed by atoms with van der Waals surface area (Å²) in [5, 5.41) is 12.8. The van der Waals surface area contributed by atoms with Crippen molar-refractivity contribution in [2.75, 3.05) is 18.4 Å². The minimum absolute atomic E-state index is 0.257. The normalized spacial score (nSPS) is 27.2. The summed E-state index contributed by atoms with van der Waals surface area (Å²) in [4.78, 5) is 2.38. The van der Waals surface area contributed by atoms with E-state index < -0.39 is 5.54 Å². The molecule has 1 heterocycles. The van der Waals surface area contributed by atoms with Crippen LogP contribution in [-0.4, -0.2) is 29.6 Å². The van der Waals surface area contributed by atoms with Gasteiger partial charge in [-0.1, -0.05) is 0 Å². The molecule has 1 aromatic carbocycles. The largest absolute Gasteiger partial charge is 0.366 e. The fraction of sp³-hybridized carbons (Fsp3) is 0.533. The van der Waals surface area contributed by atoms with Crippen LogP contribution in [0.2, 0.25) is 0 Å². The first kappa shape index (κ1) is 12.4. The molecule has 100 valence electrons. The Morgan fingerprint density at radius 3 is 2.84 bits per heavy atom. The monoisotopic (exact) mass is 259 g/mol. The van der Waals surface area contributed by atoms with E-state index in [0.717, 1.165) is 25.1 Å². The summed E-state index contributed by atoms with van der Waals surface area (Å²) < 4.78 is 13.4. The van der Waals surface area contributed by atoms with Crippen molar-refractivity contribution in [3.8, 4) is 6.07 Å². The molecule has 1 aromatic rings. The molecule has 2 aliphatic rings. The van der Waals surface area contributed by atoms with Gasteiger partial charge in [-0.25, -0.2) is 4.39 Å². The predicted molar refractivity (Wildman–Crippen MR) is 72.3 cm³/mol. The number of nitriles is 1. The van der Waals surface area contributed by atoms with Gasteiger partial charge in [0.1, 0.15) is 11.4 Å². The van der Waals surface area contributed by atoms with Crippen molar-refractivity contribution in [2.24, 2.45) is 0 Å². The van der Waals surface area contributed by atoms with Gasteiger partial charge >= 0.3 is 0 Å². The summed E-state index contributed by atoms with van der Waals surface area (Å²) in [6, 6.07) is 7.93. The molecule has 0 bridgehead atoms. The lowest BCUT2D eigenvalue weighted by atomic mass is 10.00. The summed E-state index contributed by atoms with van der Waals surface area (Å²) in [6.45, 7) is 3.56. The number of anilines is 1. The van der Waals surface area contributed by atoms with Crippen LogP contribution in [-0.2, 0) is 0 Å². The van der Waals surface area contributed by atoms with Crippen LogP contribution >= 0.6 is 0 Å². The van der Waals surface area contributed by atoms with E-state index >= 15 is 0 Å². The number of hydrogen-bond donors (Lipinski definition) is 1. The highest BCUT2D eigenvalue weighted by atomic mass is 19.1. The molecule has 0 spiro atoms. The van der Waals surface area contributed by atoms with Gasteiger partial charge in [-0.2, -0.15) is 5.26 Å². The van der Waals surface area contributed by atoms with Crippen LogP contribution < -0.4 is 5.32 Å². The van der Waals surface area contributed by atoms with Gasteiger partial charge in [0.2, 0.25) is 0 Å². The van der Waals surface area contributed by atoms with Crippen LogP contribution in [0.25, 0.3) is 0 Å². The molecule has 3 rings (SSSR count). The molecule has 4 heteroatoms. The van der Waals surface area contributed by atoms with Gasteiger partial charge in [-0.15, -0.1) is 0 Å². The third-order valence-corrected chi connectivity index (χ3v) is 4.00. The summed E-state index contributed by atoms with van der Waals surface area (Å²) in [6.07, 6.45) is 3.30. The number of aryl methyl sites for hydroxylation is 1. The van der Waals surface area contributed by atoms with Crippen LogP contribution in [0.1, 0.15) is 24.8 Å².